The summed E-state index contributed by atoms with van der Waals surface area (Å²) in [5.74, 6) is 0.228. The lowest BCUT2D eigenvalue weighted by atomic mass is 9.92. The quantitative estimate of drug-likeness (QED) is 0.684. The third-order valence-corrected chi connectivity index (χ3v) is 4.31. The molecule has 0 saturated heterocycles. The minimum Gasteiger partial charge on any atom is -0.473 e. The van der Waals surface area contributed by atoms with Crippen LogP contribution in [-0.4, -0.2) is 11.8 Å². The van der Waals surface area contributed by atoms with Crippen molar-refractivity contribution in [3.63, 3.8) is 0 Å². The molecule has 0 spiro atoms. The highest BCUT2D eigenvalue weighted by Crippen LogP contribution is 2.43. The van der Waals surface area contributed by atoms with E-state index in [0.29, 0.717) is 5.56 Å². The molecule has 0 aliphatic carbocycles. The van der Waals surface area contributed by atoms with Gasteiger partial charge in [-0.2, -0.15) is 13.2 Å². The zero-order chi connectivity index (χ0) is 17.4. The summed E-state index contributed by atoms with van der Waals surface area (Å²) in [6.45, 7) is 5.52. The molecule has 0 bridgehead atoms. The van der Waals surface area contributed by atoms with Crippen LogP contribution in [0.4, 0.5) is 13.2 Å². The van der Waals surface area contributed by atoms with E-state index in [9.17, 15) is 13.2 Å². The van der Waals surface area contributed by atoms with Crippen molar-refractivity contribution in [3.05, 3.63) is 77.9 Å². The van der Waals surface area contributed by atoms with Crippen molar-refractivity contribution in [2.75, 3.05) is 0 Å². The minimum atomic E-state index is -4.47. The number of hydrogen-bond acceptors (Lipinski definition) is 1. The Kier molecular flexibility index (Phi) is 3.99. The van der Waals surface area contributed by atoms with Gasteiger partial charge in [0.25, 0.3) is 0 Å². The maximum absolute atomic E-state index is 13.4. The van der Waals surface area contributed by atoms with Crippen molar-refractivity contribution in [2.45, 2.75) is 25.1 Å². The summed E-state index contributed by atoms with van der Waals surface area (Å²) in [7, 11) is 0. The third kappa shape index (κ3) is 2.73. The van der Waals surface area contributed by atoms with Crippen LogP contribution < -0.4 is 4.74 Å². The summed E-state index contributed by atoms with van der Waals surface area (Å²) in [6.07, 6.45) is -2.08. The fourth-order valence-electron chi connectivity index (χ4n) is 2.75. The topological polar surface area (TPSA) is 9.23 Å². The predicted octanol–water partition coefficient (Wildman–Crippen LogP) is 5.86. The average molecular weight is 330 g/mol. The van der Waals surface area contributed by atoms with Gasteiger partial charge in [0, 0.05) is 5.56 Å². The maximum atomic E-state index is 13.4. The lowest BCUT2D eigenvalue weighted by molar-refractivity contribution is -0.230. The van der Waals surface area contributed by atoms with Crippen LogP contribution in [0.3, 0.4) is 0 Å². The molecular formula is C20H17F3O. The Morgan fingerprint density at radius 1 is 1.08 bits per heavy atom. The van der Waals surface area contributed by atoms with E-state index >= 15 is 0 Å². The van der Waals surface area contributed by atoms with Crippen LogP contribution in [0, 0.1) is 0 Å². The molecule has 0 radical (unpaired) electrons. The minimum absolute atomic E-state index is 0.184. The van der Waals surface area contributed by atoms with Crippen molar-refractivity contribution in [1.29, 1.82) is 0 Å². The molecule has 4 heteroatoms. The molecule has 2 aromatic rings. The van der Waals surface area contributed by atoms with Crippen molar-refractivity contribution in [1.82, 2.24) is 0 Å². The molecule has 2 aromatic carbocycles. The van der Waals surface area contributed by atoms with E-state index in [-0.39, 0.29) is 12.2 Å². The molecule has 0 aromatic heterocycles. The summed E-state index contributed by atoms with van der Waals surface area (Å²) >= 11 is 0. The van der Waals surface area contributed by atoms with Gasteiger partial charge in [0.15, 0.2) is 0 Å². The summed E-state index contributed by atoms with van der Waals surface area (Å²) in [6, 6.07) is 14.7. The number of hydrogen-bond donors (Lipinski definition) is 0. The number of fused-ring (bicyclic) bond motifs is 1. The van der Waals surface area contributed by atoms with Gasteiger partial charge in [0.2, 0.25) is 5.60 Å². The highest BCUT2D eigenvalue weighted by Gasteiger charge is 2.55. The van der Waals surface area contributed by atoms with Crippen LogP contribution in [0.15, 0.2) is 61.2 Å². The number of benzene rings is 2. The van der Waals surface area contributed by atoms with Crippen molar-refractivity contribution in [3.8, 4) is 5.75 Å². The molecule has 1 aliphatic rings. The molecule has 124 valence electrons. The van der Waals surface area contributed by atoms with E-state index in [4.69, 9.17) is 4.74 Å². The second-order valence-corrected chi connectivity index (χ2v) is 5.77. The zero-order valence-corrected chi connectivity index (χ0v) is 13.2. The monoisotopic (exact) mass is 330 g/mol. The van der Waals surface area contributed by atoms with Crippen LogP contribution in [0.2, 0.25) is 0 Å². The Balaban J connectivity index is 1.99. The molecule has 24 heavy (non-hydrogen) atoms. The zero-order valence-electron chi connectivity index (χ0n) is 13.2. The van der Waals surface area contributed by atoms with Crippen molar-refractivity contribution in [2.24, 2.45) is 0 Å². The molecule has 0 N–H and O–H groups in total. The van der Waals surface area contributed by atoms with E-state index < -0.39 is 11.8 Å². The second-order valence-electron chi connectivity index (χ2n) is 5.77. The molecule has 1 aliphatic heterocycles. The van der Waals surface area contributed by atoms with Crippen LogP contribution in [-0.2, 0) is 0 Å². The Labute approximate surface area is 139 Å². The standard InChI is InChI=1S/C20H17F3O/c1-3-19(20(21,22)23)12-11-16-9-10-17(13-18(16)24-19)14(2)15-7-5-4-6-8-15/h4-13H,2-3H2,1H3. The first kappa shape index (κ1) is 16.4. The van der Waals surface area contributed by atoms with Gasteiger partial charge in [0.05, 0.1) is 0 Å². The smallest absolute Gasteiger partial charge is 0.432 e. The number of alkyl halides is 3. The number of rotatable bonds is 3. The first-order valence-electron chi connectivity index (χ1n) is 7.70. The molecule has 0 saturated carbocycles. The Morgan fingerprint density at radius 3 is 2.42 bits per heavy atom. The largest absolute Gasteiger partial charge is 0.473 e. The predicted molar refractivity (Wildman–Crippen MR) is 89.8 cm³/mol. The third-order valence-electron chi connectivity index (χ3n) is 4.31. The summed E-state index contributed by atoms with van der Waals surface area (Å²) in [4.78, 5) is 0. The van der Waals surface area contributed by atoms with Crippen LogP contribution in [0.25, 0.3) is 11.6 Å². The van der Waals surface area contributed by atoms with Gasteiger partial charge in [-0.1, -0.05) is 62.0 Å². The molecule has 0 amide bonds. The molecule has 3 rings (SSSR count). The van der Waals surface area contributed by atoms with Gasteiger partial charge in [-0.05, 0) is 35.3 Å². The van der Waals surface area contributed by atoms with Crippen LogP contribution >= 0.6 is 0 Å². The van der Waals surface area contributed by atoms with Gasteiger partial charge in [-0.15, -0.1) is 0 Å². The molecular weight excluding hydrogens is 313 g/mol. The van der Waals surface area contributed by atoms with E-state index in [1.807, 2.05) is 36.4 Å². The Morgan fingerprint density at radius 2 is 1.79 bits per heavy atom. The lowest BCUT2D eigenvalue weighted by Gasteiger charge is -2.35. The molecule has 1 heterocycles. The molecule has 1 unspecified atom stereocenters. The fourth-order valence-corrected chi connectivity index (χ4v) is 2.75. The first-order valence-corrected chi connectivity index (χ1v) is 7.70. The number of ether oxygens (including phenoxy) is 1. The first-order chi connectivity index (χ1) is 11.4. The molecule has 1 atom stereocenters. The van der Waals surface area contributed by atoms with Crippen LogP contribution in [0.5, 0.6) is 5.75 Å². The van der Waals surface area contributed by atoms with Gasteiger partial charge in [-0.3, -0.25) is 0 Å². The fraction of sp³-hybridized carbons (Fsp3) is 0.200. The van der Waals surface area contributed by atoms with E-state index in [1.54, 1.807) is 12.1 Å². The Hall–Kier alpha value is -2.49. The normalized spacial score (nSPS) is 19.5. The summed E-state index contributed by atoms with van der Waals surface area (Å²) < 4.78 is 45.7. The summed E-state index contributed by atoms with van der Waals surface area (Å²) in [5.41, 5.74) is 0.759. The van der Waals surface area contributed by atoms with E-state index in [0.717, 1.165) is 22.8 Å². The van der Waals surface area contributed by atoms with Crippen molar-refractivity contribution < 1.29 is 17.9 Å². The second kappa shape index (κ2) is 5.86. The van der Waals surface area contributed by atoms with Gasteiger partial charge >= 0.3 is 6.18 Å². The SMILES string of the molecule is C=C(c1ccccc1)c1ccc2c(c1)OC(CC)(C(F)(F)F)C=C2. The molecule has 0 fully saturated rings. The van der Waals surface area contributed by atoms with Gasteiger partial charge < -0.3 is 4.74 Å². The van der Waals surface area contributed by atoms with E-state index in [1.165, 1.54) is 13.0 Å². The summed E-state index contributed by atoms with van der Waals surface area (Å²) in [5, 5.41) is 0. The highest BCUT2D eigenvalue weighted by molar-refractivity contribution is 5.80. The van der Waals surface area contributed by atoms with E-state index in [2.05, 4.69) is 6.58 Å². The average Bonchev–Trinajstić information content (AvgIpc) is 2.59. The highest BCUT2D eigenvalue weighted by atomic mass is 19.4. The van der Waals surface area contributed by atoms with Crippen LogP contribution in [0.1, 0.15) is 30.0 Å². The lowest BCUT2D eigenvalue weighted by Crippen LogP contribution is -2.49. The van der Waals surface area contributed by atoms with Gasteiger partial charge in [0.1, 0.15) is 5.75 Å². The van der Waals surface area contributed by atoms with Crippen molar-refractivity contribution >= 4 is 11.6 Å². The maximum Gasteiger partial charge on any atom is 0.432 e. The Bertz CT molecular complexity index is 790. The van der Waals surface area contributed by atoms with Gasteiger partial charge in [-0.25, -0.2) is 0 Å². The number of halogens is 3. The molecule has 1 nitrogen and oxygen atoms in total.